The van der Waals surface area contributed by atoms with Crippen LogP contribution in [-0.2, 0) is 4.79 Å². The number of rotatable bonds is 2. The molecule has 0 saturated carbocycles. The number of para-hydroxylation sites is 1. The monoisotopic (exact) mass is 280 g/mol. The number of likely N-dealkylation sites (N-methyl/N-ethyl adjacent to an activating group) is 1. The number of benzene rings is 2. The highest BCUT2D eigenvalue weighted by Gasteiger charge is 2.30. The Bertz CT molecular complexity index is 781. The fourth-order valence-electron chi connectivity index (χ4n) is 2.30. The van der Waals surface area contributed by atoms with Crippen molar-refractivity contribution in [1.29, 1.82) is 0 Å². The maximum Gasteiger partial charge on any atom is 0.335 e. The molecule has 0 saturated heterocycles. The van der Waals surface area contributed by atoms with Gasteiger partial charge in [-0.2, -0.15) is 0 Å². The molecule has 2 aromatic rings. The third-order valence-electron chi connectivity index (χ3n) is 3.36. The Kier molecular flexibility index (Phi) is 3.02. The summed E-state index contributed by atoms with van der Waals surface area (Å²) in [5.74, 6) is -1.22. The molecule has 5 nitrogen and oxygen atoms in total. The van der Waals surface area contributed by atoms with E-state index in [4.69, 9.17) is 5.11 Å². The van der Waals surface area contributed by atoms with E-state index in [9.17, 15) is 9.59 Å². The van der Waals surface area contributed by atoms with Gasteiger partial charge in [-0.15, -0.1) is 0 Å². The van der Waals surface area contributed by atoms with Crippen molar-refractivity contribution in [2.45, 2.75) is 0 Å². The zero-order chi connectivity index (χ0) is 15.0. The first-order valence-electron chi connectivity index (χ1n) is 6.37. The summed E-state index contributed by atoms with van der Waals surface area (Å²) in [5, 5.41) is 9.00. The molecule has 0 spiro atoms. The Balaban J connectivity index is 2.10. The molecule has 1 heterocycles. The molecule has 21 heavy (non-hydrogen) atoms. The highest BCUT2D eigenvalue weighted by Crippen LogP contribution is 2.29. The number of aliphatic imine (C=N–C) groups is 1. The third-order valence-corrected chi connectivity index (χ3v) is 3.36. The number of hydrogen-bond donors (Lipinski definition) is 1. The predicted molar refractivity (Wildman–Crippen MR) is 79.5 cm³/mol. The standard InChI is InChI=1S/C16H12N2O3/c1-18-13-8-3-2-7-12(13)14(15(18)19)17-11-6-4-5-10(9-11)16(20)21/h2-9H,1H3,(H,20,21). The molecule has 0 fully saturated rings. The van der Waals surface area contributed by atoms with E-state index in [1.54, 1.807) is 19.2 Å². The van der Waals surface area contributed by atoms with Crippen LogP contribution in [0.25, 0.3) is 0 Å². The summed E-state index contributed by atoms with van der Waals surface area (Å²) >= 11 is 0. The van der Waals surface area contributed by atoms with Crippen molar-refractivity contribution in [3.8, 4) is 0 Å². The smallest absolute Gasteiger partial charge is 0.335 e. The largest absolute Gasteiger partial charge is 0.478 e. The van der Waals surface area contributed by atoms with E-state index >= 15 is 0 Å². The van der Waals surface area contributed by atoms with Crippen LogP contribution in [0.1, 0.15) is 15.9 Å². The van der Waals surface area contributed by atoms with Gasteiger partial charge in [0, 0.05) is 12.6 Å². The topological polar surface area (TPSA) is 70.0 Å². The van der Waals surface area contributed by atoms with Crippen molar-refractivity contribution >= 4 is 29.0 Å². The van der Waals surface area contributed by atoms with Crippen LogP contribution in [-0.4, -0.2) is 29.7 Å². The first kappa shape index (κ1) is 13.1. The highest BCUT2D eigenvalue weighted by molar-refractivity contribution is 6.54. The SMILES string of the molecule is CN1C(=O)C(=Nc2cccc(C(=O)O)c2)c2ccccc21. The van der Waals surface area contributed by atoms with E-state index in [2.05, 4.69) is 4.99 Å². The lowest BCUT2D eigenvalue weighted by Crippen LogP contribution is -2.25. The summed E-state index contributed by atoms with van der Waals surface area (Å²) < 4.78 is 0. The van der Waals surface area contributed by atoms with E-state index in [-0.39, 0.29) is 11.5 Å². The second-order valence-corrected chi connectivity index (χ2v) is 4.70. The average molecular weight is 280 g/mol. The van der Waals surface area contributed by atoms with Crippen LogP contribution in [0.15, 0.2) is 53.5 Å². The molecule has 1 N–H and O–H groups in total. The first-order chi connectivity index (χ1) is 10.1. The Morgan fingerprint density at radius 3 is 2.67 bits per heavy atom. The van der Waals surface area contributed by atoms with Crippen LogP contribution in [0, 0.1) is 0 Å². The summed E-state index contributed by atoms with van der Waals surface area (Å²) in [7, 11) is 1.69. The Morgan fingerprint density at radius 2 is 1.90 bits per heavy atom. The van der Waals surface area contributed by atoms with Crippen molar-refractivity contribution in [1.82, 2.24) is 0 Å². The molecular weight excluding hydrogens is 268 g/mol. The predicted octanol–water partition coefficient (Wildman–Crippen LogP) is 2.48. The lowest BCUT2D eigenvalue weighted by atomic mass is 10.1. The minimum absolute atomic E-state index is 0.143. The Hall–Kier alpha value is -2.95. The Labute approximate surface area is 121 Å². The van der Waals surface area contributed by atoms with Gasteiger partial charge in [0.15, 0.2) is 0 Å². The molecular formula is C16H12N2O3. The number of carboxylic acid groups (broad SMARTS) is 1. The lowest BCUT2D eigenvalue weighted by molar-refractivity contribution is -0.111. The summed E-state index contributed by atoms with van der Waals surface area (Å²) in [5.41, 5.74) is 2.48. The molecule has 0 aromatic heterocycles. The van der Waals surface area contributed by atoms with Gasteiger partial charge in [-0.1, -0.05) is 24.3 Å². The molecule has 1 amide bonds. The summed E-state index contributed by atoms with van der Waals surface area (Å²) in [6.07, 6.45) is 0. The molecule has 0 atom stereocenters. The highest BCUT2D eigenvalue weighted by atomic mass is 16.4. The van der Waals surface area contributed by atoms with Gasteiger partial charge >= 0.3 is 5.97 Å². The number of hydrogen-bond acceptors (Lipinski definition) is 3. The summed E-state index contributed by atoms with van der Waals surface area (Å²) in [4.78, 5) is 29.1. The van der Waals surface area contributed by atoms with Crippen LogP contribution >= 0.6 is 0 Å². The molecule has 0 bridgehead atoms. The maximum absolute atomic E-state index is 12.3. The van der Waals surface area contributed by atoms with Crippen molar-refractivity contribution in [3.05, 3.63) is 59.7 Å². The fraction of sp³-hybridized carbons (Fsp3) is 0.0625. The average Bonchev–Trinajstić information content (AvgIpc) is 2.73. The van der Waals surface area contributed by atoms with Gasteiger partial charge in [-0.3, -0.25) is 4.79 Å². The number of carboxylic acids is 1. The molecule has 104 valence electrons. The van der Waals surface area contributed by atoms with Gasteiger partial charge in [0.25, 0.3) is 5.91 Å². The van der Waals surface area contributed by atoms with Crippen LogP contribution in [0.5, 0.6) is 0 Å². The minimum atomic E-state index is -1.02. The van der Waals surface area contributed by atoms with E-state index in [1.807, 2.05) is 24.3 Å². The van der Waals surface area contributed by atoms with Crippen LogP contribution in [0.3, 0.4) is 0 Å². The second-order valence-electron chi connectivity index (χ2n) is 4.70. The van der Waals surface area contributed by atoms with E-state index in [0.717, 1.165) is 11.3 Å². The third kappa shape index (κ3) is 2.18. The zero-order valence-electron chi connectivity index (χ0n) is 11.3. The number of nitrogens with zero attached hydrogens (tertiary/aromatic N) is 2. The van der Waals surface area contributed by atoms with Crippen molar-refractivity contribution in [2.75, 3.05) is 11.9 Å². The number of fused-ring (bicyclic) bond motifs is 1. The van der Waals surface area contributed by atoms with Gasteiger partial charge in [-0.05, 0) is 24.3 Å². The molecule has 1 aliphatic heterocycles. The van der Waals surface area contributed by atoms with Crippen LogP contribution in [0.2, 0.25) is 0 Å². The van der Waals surface area contributed by atoms with Crippen molar-refractivity contribution in [3.63, 3.8) is 0 Å². The van der Waals surface area contributed by atoms with Gasteiger partial charge in [0.05, 0.1) is 16.9 Å². The van der Waals surface area contributed by atoms with Crippen molar-refractivity contribution in [2.24, 2.45) is 4.99 Å². The minimum Gasteiger partial charge on any atom is -0.478 e. The summed E-state index contributed by atoms with van der Waals surface area (Å²) in [6, 6.07) is 13.6. The maximum atomic E-state index is 12.3. The first-order valence-corrected chi connectivity index (χ1v) is 6.37. The quantitative estimate of drug-likeness (QED) is 0.918. The lowest BCUT2D eigenvalue weighted by Gasteiger charge is -2.07. The molecule has 0 unspecified atom stereocenters. The normalized spacial score (nSPS) is 15.4. The molecule has 3 rings (SSSR count). The zero-order valence-corrected chi connectivity index (χ0v) is 11.3. The number of anilines is 1. The number of aromatic carboxylic acids is 1. The second kappa shape index (κ2) is 4.86. The Morgan fingerprint density at radius 1 is 1.14 bits per heavy atom. The van der Waals surface area contributed by atoms with Gasteiger partial charge < -0.3 is 10.0 Å². The van der Waals surface area contributed by atoms with E-state index in [0.29, 0.717) is 11.4 Å². The number of amides is 1. The van der Waals surface area contributed by atoms with Gasteiger partial charge in [0.2, 0.25) is 0 Å². The molecule has 1 aliphatic rings. The van der Waals surface area contributed by atoms with Gasteiger partial charge in [0.1, 0.15) is 5.71 Å². The molecule has 2 aromatic carbocycles. The van der Waals surface area contributed by atoms with E-state index in [1.165, 1.54) is 17.0 Å². The number of carbonyl (C=O) groups excluding carboxylic acids is 1. The fourth-order valence-corrected chi connectivity index (χ4v) is 2.30. The number of carbonyl (C=O) groups is 2. The van der Waals surface area contributed by atoms with Gasteiger partial charge in [-0.25, -0.2) is 9.79 Å². The van der Waals surface area contributed by atoms with E-state index < -0.39 is 5.97 Å². The van der Waals surface area contributed by atoms with Crippen molar-refractivity contribution < 1.29 is 14.7 Å². The molecule has 5 heteroatoms. The summed E-state index contributed by atoms with van der Waals surface area (Å²) in [6.45, 7) is 0. The van der Waals surface area contributed by atoms with Crippen LogP contribution in [0.4, 0.5) is 11.4 Å². The molecule has 0 aliphatic carbocycles. The molecule has 0 radical (unpaired) electrons. The van der Waals surface area contributed by atoms with Crippen LogP contribution < -0.4 is 4.90 Å².